The van der Waals surface area contributed by atoms with E-state index in [0.29, 0.717) is 28.8 Å². The highest BCUT2D eigenvalue weighted by molar-refractivity contribution is 6.10. The predicted molar refractivity (Wildman–Crippen MR) is 159 cm³/mol. The summed E-state index contributed by atoms with van der Waals surface area (Å²) in [6.45, 7) is 13.6. The van der Waals surface area contributed by atoms with Crippen LogP contribution in [-0.4, -0.2) is 48.0 Å². The van der Waals surface area contributed by atoms with E-state index >= 15 is 0 Å². The summed E-state index contributed by atoms with van der Waals surface area (Å²) in [4.78, 5) is 44.1. The van der Waals surface area contributed by atoms with Gasteiger partial charge in [0.05, 0.1) is 24.5 Å². The van der Waals surface area contributed by atoms with Gasteiger partial charge in [0.25, 0.3) is 11.5 Å². The first-order valence-corrected chi connectivity index (χ1v) is 13.8. The SMILES string of the molecule is C=CC(=O)Nc1c(-c2ccc(CN3CCOCC3)cc2)ccc(C)c1C(=O)NCc1c(CC)cc(CC)[nH]c1=O. The lowest BCUT2D eigenvalue weighted by molar-refractivity contribution is -0.111. The third-order valence-corrected chi connectivity index (χ3v) is 7.32. The average Bonchev–Trinajstić information content (AvgIpc) is 2.97. The molecule has 1 saturated heterocycles. The molecule has 40 heavy (non-hydrogen) atoms. The summed E-state index contributed by atoms with van der Waals surface area (Å²) in [6, 6.07) is 13.9. The molecule has 0 saturated carbocycles. The Hall–Kier alpha value is -4.01. The molecule has 2 heterocycles. The van der Waals surface area contributed by atoms with E-state index in [1.54, 1.807) is 0 Å². The molecule has 210 valence electrons. The number of aromatic amines is 1. The van der Waals surface area contributed by atoms with E-state index in [0.717, 1.165) is 61.7 Å². The maximum Gasteiger partial charge on any atom is 0.253 e. The number of hydrogen-bond acceptors (Lipinski definition) is 5. The first-order valence-electron chi connectivity index (χ1n) is 13.8. The number of aryl methyl sites for hydroxylation is 3. The monoisotopic (exact) mass is 542 g/mol. The van der Waals surface area contributed by atoms with E-state index in [-0.39, 0.29) is 18.0 Å². The molecule has 0 spiro atoms. The molecule has 3 N–H and O–H groups in total. The molecule has 0 aliphatic carbocycles. The van der Waals surface area contributed by atoms with Gasteiger partial charge in [0.2, 0.25) is 5.91 Å². The van der Waals surface area contributed by atoms with E-state index in [1.807, 2.05) is 51.1 Å². The largest absolute Gasteiger partial charge is 0.379 e. The minimum Gasteiger partial charge on any atom is -0.379 e. The van der Waals surface area contributed by atoms with Crippen LogP contribution < -0.4 is 16.2 Å². The Bertz CT molecular complexity index is 1440. The molecular weight excluding hydrogens is 504 g/mol. The number of benzene rings is 2. The van der Waals surface area contributed by atoms with Crippen molar-refractivity contribution in [3.05, 3.63) is 99.0 Å². The first-order chi connectivity index (χ1) is 19.3. The van der Waals surface area contributed by atoms with Crippen molar-refractivity contribution in [2.24, 2.45) is 0 Å². The number of rotatable bonds is 10. The van der Waals surface area contributed by atoms with Gasteiger partial charge in [-0.05, 0) is 54.2 Å². The molecule has 0 unspecified atom stereocenters. The smallest absolute Gasteiger partial charge is 0.253 e. The van der Waals surface area contributed by atoms with E-state index < -0.39 is 5.91 Å². The van der Waals surface area contributed by atoms with Crippen molar-refractivity contribution in [3.63, 3.8) is 0 Å². The van der Waals surface area contributed by atoms with Crippen molar-refractivity contribution in [2.75, 3.05) is 31.6 Å². The summed E-state index contributed by atoms with van der Waals surface area (Å²) >= 11 is 0. The lowest BCUT2D eigenvalue weighted by Crippen LogP contribution is -2.35. The fourth-order valence-corrected chi connectivity index (χ4v) is 5.01. The van der Waals surface area contributed by atoms with Gasteiger partial charge in [0.1, 0.15) is 0 Å². The second-order valence-corrected chi connectivity index (χ2v) is 9.98. The standard InChI is InChI=1S/C32H38N4O4/c1-5-23-18-25(6-2)34-31(38)27(23)19-33-32(39)29-21(4)8-13-26(30(29)35-28(37)7-3)24-11-9-22(10-12-24)20-36-14-16-40-17-15-36/h7-13,18H,3,5-6,14-17,19-20H2,1-2,4H3,(H,33,39)(H,34,38)(H,35,37). The number of nitrogens with zero attached hydrogens (tertiary/aromatic N) is 1. The normalized spacial score (nSPS) is 13.6. The van der Waals surface area contributed by atoms with Crippen molar-refractivity contribution in [1.29, 1.82) is 0 Å². The third-order valence-electron chi connectivity index (χ3n) is 7.32. The quantitative estimate of drug-likeness (QED) is 0.330. The van der Waals surface area contributed by atoms with Crippen LogP contribution in [0.2, 0.25) is 0 Å². The van der Waals surface area contributed by atoms with Crippen molar-refractivity contribution >= 4 is 17.5 Å². The summed E-state index contributed by atoms with van der Waals surface area (Å²) in [6.07, 6.45) is 2.59. The van der Waals surface area contributed by atoms with Crippen LogP contribution in [0.4, 0.5) is 5.69 Å². The first kappa shape index (κ1) is 29.0. The maximum atomic E-state index is 13.6. The highest BCUT2D eigenvalue weighted by atomic mass is 16.5. The number of nitrogens with one attached hydrogen (secondary N) is 3. The molecule has 0 radical (unpaired) electrons. The second-order valence-electron chi connectivity index (χ2n) is 9.98. The molecule has 1 aliphatic rings. The average molecular weight is 543 g/mol. The molecule has 2 aromatic carbocycles. The van der Waals surface area contributed by atoms with E-state index in [4.69, 9.17) is 4.74 Å². The molecule has 0 atom stereocenters. The van der Waals surface area contributed by atoms with Gasteiger partial charge in [-0.1, -0.05) is 56.8 Å². The molecule has 8 nitrogen and oxygen atoms in total. The number of pyridine rings is 1. The van der Waals surface area contributed by atoms with Gasteiger partial charge in [0.15, 0.2) is 0 Å². The van der Waals surface area contributed by atoms with Gasteiger partial charge >= 0.3 is 0 Å². The fourth-order valence-electron chi connectivity index (χ4n) is 5.01. The van der Waals surface area contributed by atoms with Crippen LogP contribution in [0.25, 0.3) is 11.1 Å². The van der Waals surface area contributed by atoms with Crippen LogP contribution >= 0.6 is 0 Å². The highest BCUT2D eigenvalue weighted by Crippen LogP contribution is 2.34. The van der Waals surface area contributed by atoms with Gasteiger partial charge in [-0.2, -0.15) is 0 Å². The zero-order valence-electron chi connectivity index (χ0n) is 23.6. The number of carbonyl (C=O) groups excluding carboxylic acids is 2. The number of carbonyl (C=O) groups is 2. The lowest BCUT2D eigenvalue weighted by Gasteiger charge is -2.26. The number of amides is 2. The summed E-state index contributed by atoms with van der Waals surface area (Å²) in [5.74, 6) is -0.784. The fraction of sp³-hybridized carbons (Fsp3) is 0.344. The van der Waals surface area contributed by atoms with Crippen LogP contribution in [0, 0.1) is 6.92 Å². The molecule has 0 bridgehead atoms. The molecule has 1 aliphatic heterocycles. The van der Waals surface area contributed by atoms with Gasteiger partial charge in [-0.3, -0.25) is 19.3 Å². The Morgan fingerprint density at radius 3 is 2.45 bits per heavy atom. The van der Waals surface area contributed by atoms with Crippen LogP contribution in [0.15, 0.2) is 59.9 Å². The van der Waals surface area contributed by atoms with Gasteiger partial charge in [0, 0.05) is 43.0 Å². The minimum absolute atomic E-state index is 0.0794. The molecule has 3 aromatic rings. The predicted octanol–water partition coefficient (Wildman–Crippen LogP) is 4.36. The third kappa shape index (κ3) is 6.76. The molecule has 1 fully saturated rings. The second kappa shape index (κ2) is 13.4. The highest BCUT2D eigenvalue weighted by Gasteiger charge is 2.21. The van der Waals surface area contributed by atoms with E-state index in [9.17, 15) is 14.4 Å². The van der Waals surface area contributed by atoms with Crippen LogP contribution in [-0.2, 0) is 35.5 Å². The number of anilines is 1. The molecule has 2 amide bonds. The van der Waals surface area contributed by atoms with Gasteiger partial charge in [-0.15, -0.1) is 0 Å². The maximum absolute atomic E-state index is 13.6. The van der Waals surface area contributed by atoms with Crippen LogP contribution in [0.1, 0.15) is 52.2 Å². The Kier molecular flexibility index (Phi) is 9.69. The summed E-state index contributed by atoms with van der Waals surface area (Å²) in [5.41, 5.74) is 6.36. The Balaban J connectivity index is 1.64. The Labute approximate surface area is 235 Å². The number of hydrogen-bond donors (Lipinski definition) is 3. The Morgan fingerprint density at radius 1 is 1.07 bits per heavy atom. The number of morpholine rings is 1. The lowest BCUT2D eigenvalue weighted by atomic mass is 9.95. The molecule has 8 heteroatoms. The van der Waals surface area contributed by atoms with Crippen molar-refractivity contribution in [2.45, 2.75) is 46.7 Å². The van der Waals surface area contributed by atoms with E-state index in [1.165, 1.54) is 11.6 Å². The molecule has 4 rings (SSSR count). The number of H-pyrrole nitrogens is 1. The van der Waals surface area contributed by atoms with Crippen LogP contribution in [0.5, 0.6) is 0 Å². The summed E-state index contributed by atoms with van der Waals surface area (Å²) in [5, 5.41) is 5.79. The van der Waals surface area contributed by atoms with E-state index in [2.05, 4.69) is 39.2 Å². The van der Waals surface area contributed by atoms with Gasteiger partial charge < -0.3 is 20.4 Å². The number of ether oxygens (including phenoxy) is 1. The minimum atomic E-state index is -0.412. The van der Waals surface area contributed by atoms with Crippen LogP contribution in [0.3, 0.4) is 0 Å². The van der Waals surface area contributed by atoms with Gasteiger partial charge in [-0.25, -0.2) is 0 Å². The van der Waals surface area contributed by atoms with Crippen molar-refractivity contribution in [3.8, 4) is 11.1 Å². The summed E-state index contributed by atoms with van der Waals surface area (Å²) in [7, 11) is 0. The molecule has 1 aromatic heterocycles. The van der Waals surface area contributed by atoms with Crippen molar-refractivity contribution in [1.82, 2.24) is 15.2 Å². The topological polar surface area (TPSA) is 104 Å². The Morgan fingerprint density at radius 2 is 1.80 bits per heavy atom. The number of aromatic nitrogens is 1. The summed E-state index contributed by atoms with van der Waals surface area (Å²) < 4.78 is 5.44. The zero-order chi connectivity index (χ0) is 28.6. The molecular formula is C32H38N4O4. The van der Waals surface area contributed by atoms with Crippen molar-refractivity contribution < 1.29 is 14.3 Å². The zero-order valence-corrected chi connectivity index (χ0v) is 23.6.